The fourth-order valence-corrected chi connectivity index (χ4v) is 3.25. The summed E-state index contributed by atoms with van der Waals surface area (Å²) in [5.74, 6) is 5.26. The molecule has 2 rings (SSSR count). The van der Waals surface area contributed by atoms with Gasteiger partial charge in [-0.1, -0.05) is 11.3 Å². The second kappa shape index (κ2) is 4.13. The van der Waals surface area contributed by atoms with E-state index in [2.05, 4.69) is 5.10 Å². The number of thiazole rings is 1. The lowest BCUT2D eigenvalue weighted by Crippen LogP contribution is -2.15. The lowest BCUT2D eigenvalue weighted by molar-refractivity contribution is 0.483. The fraction of sp³-hybridized carbons (Fsp3) is 0.222. The molecule has 0 bridgehead atoms. The van der Waals surface area contributed by atoms with Gasteiger partial charge in [0.15, 0.2) is 0 Å². The van der Waals surface area contributed by atoms with Gasteiger partial charge in [-0.15, -0.1) is 0 Å². The molecular weight excluding hydrogens is 262 g/mol. The Bertz CT molecular complexity index is 728. The third kappa shape index (κ3) is 2.06. The van der Waals surface area contributed by atoms with E-state index >= 15 is 0 Å². The summed E-state index contributed by atoms with van der Waals surface area (Å²) in [4.78, 5) is 0.480. The molecular formula is C9H11N3O3S2. The number of rotatable bonds is 2. The van der Waals surface area contributed by atoms with Crippen molar-refractivity contribution in [2.45, 2.75) is 18.4 Å². The summed E-state index contributed by atoms with van der Waals surface area (Å²) in [5, 5.41) is 3.64. The number of benzene rings is 1. The zero-order valence-corrected chi connectivity index (χ0v) is 10.6. The van der Waals surface area contributed by atoms with Gasteiger partial charge in [-0.2, -0.15) is 13.5 Å². The minimum absolute atomic E-state index is 0.127. The number of aromatic nitrogens is 1. The molecule has 0 fully saturated rings. The zero-order valence-electron chi connectivity index (χ0n) is 8.99. The molecule has 0 aliphatic carbocycles. The maximum absolute atomic E-state index is 11.0. The Kier molecular flexibility index (Phi) is 2.94. The monoisotopic (exact) mass is 273 g/mol. The standard InChI is InChI=1S/C9H11N3O3S2/c1-2-12-7-4-3-6(17(13,14)15)5-8(7)16-9(12)11-10/h3-5H,2,10H2,1H3,(H,13,14,15)/b11-9-. The van der Waals surface area contributed by atoms with Gasteiger partial charge >= 0.3 is 0 Å². The van der Waals surface area contributed by atoms with Crippen molar-refractivity contribution in [3.8, 4) is 0 Å². The van der Waals surface area contributed by atoms with Gasteiger partial charge in [0, 0.05) is 6.54 Å². The van der Waals surface area contributed by atoms with Crippen LogP contribution in [-0.4, -0.2) is 17.5 Å². The number of hydrogen-bond acceptors (Lipinski definition) is 5. The van der Waals surface area contributed by atoms with E-state index in [1.807, 2.05) is 11.5 Å². The number of aryl methyl sites for hydroxylation is 1. The molecule has 0 saturated carbocycles. The van der Waals surface area contributed by atoms with Crippen LogP contribution in [0, 0.1) is 0 Å². The van der Waals surface area contributed by atoms with Gasteiger partial charge in [0.1, 0.15) is 0 Å². The minimum atomic E-state index is -4.18. The normalized spacial score (nSPS) is 13.4. The first kappa shape index (κ1) is 12.1. The highest BCUT2D eigenvalue weighted by Crippen LogP contribution is 2.21. The molecule has 1 aromatic heterocycles. The third-order valence-corrected chi connectivity index (χ3v) is 4.28. The average Bonchev–Trinajstić information content (AvgIpc) is 2.64. The van der Waals surface area contributed by atoms with E-state index in [9.17, 15) is 8.42 Å². The molecule has 3 N–H and O–H groups in total. The molecule has 6 nitrogen and oxygen atoms in total. The van der Waals surface area contributed by atoms with E-state index in [0.717, 1.165) is 5.52 Å². The number of hydrogen-bond donors (Lipinski definition) is 2. The molecule has 92 valence electrons. The van der Waals surface area contributed by atoms with Crippen LogP contribution in [-0.2, 0) is 16.7 Å². The summed E-state index contributed by atoms with van der Waals surface area (Å²) >= 11 is 1.27. The molecule has 17 heavy (non-hydrogen) atoms. The summed E-state index contributed by atoms with van der Waals surface area (Å²) in [6.45, 7) is 2.62. The Balaban J connectivity index is 2.82. The number of nitrogens with two attached hydrogens (primary N) is 1. The molecule has 0 aliphatic rings. The van der Waals surface area contributed by atoms with Crippen molar-refractivity contribution >= 4 is 31.7 Å². The van der Waals surface area contributed by atoms with E-state index < -0.39 is 10.1 Å². The molecule has 0 saturated heterocycles. The molecule has 0 radical (unpaired) electrons. The summed E-state index contributed by atoms with van der Waals surface area (Å²) in [6.07, 6.45) is 0. The third-order valence-electron chi connectivity index (χ3n) is 2.38. The quantitative estimate of drug-likeness (QED) is 0.479. The van der Waals surface area contributed by atoms with Gasteiger partial charge in [0.05, 0.1) is 15.1 Å². The van der Waals surface area contributed by atoms with Crippen LogP contribution >= 0.6 is 11.3 Å². The van der Waals surface area contributed by atoms with Crippen molar-refractivity contribution in [3.05, 3.63) is 23.0 Å². The van der Waals surface area contributed by atoms with Gasteiger partial charge in [0.2, 0.25) is 4.80 Å². The molecule has 0 atom stereocenters. The van der Waals surface area contributed by atoms with Crippen LogP contribution in [0.15, 0.2) is 28.2 Å². The first-order valence-electron chi connectivity index (χ1n) is 4.82. The first-order valence-corrected chi connectivity index (χ1v) is 7.08. The van der Waals surface area contributed by atoms with E-state index in [1.54, 1.807) is 6.07 Å². The topological polar surface area (TPSA) is 97.7 Å². The molecule has 2 aromatic rings. The Morgan fingerprint density at radius 3 is 2.76 bits per heavy atom. The van der Waals surface area contributed by atoms with Crippen LogP contribution < -0.4 is 10.6 Å². The summed E-state index contributed by atoms with van der Waals surface area (Å²) in [7, 11) is -4.18. The highest BCUT2D eigenvalue weighted by atomic mass is 32.2. The second-order valence-electron chi connectivity index (χ2n) is 3.36. The molecule has 1 heterocycles. The van der Waals surface area contributed by atoms with Gasteiger partial charge < -0.3 is 10.4 Å². The number of nitrogens with zero attached hydrogens (tertiary/aromatic N) is 2. The molecule has 0 unspecified atom stereocenters. The maximum Gasteiger partial charge on any atom is 0.294 e. The average molecular weight is 273 g/mol. The predicted molar refractivity (Wildman–Crippen MR) is 65.1 cm³/mol. The van der Waals surface area contributed by atoms with Crippen molar-refractivity contribution in [2.75, 3.05) is 0 Å². The largest absolute Gasteiger partial charge is 0.320 e. The highest BCUT2D eigenvalue weighted by Gasteiger charge is 2.12. The van der Waals surface area contributed by atoms with Crippen LogP contribution in [0.1, 0.15) is 6.92 Å². The molecule has 1 aromatic carbocycles. The van der Waals surface area contributed by atoms with Crippen LogP contribution in [0.5, 0.6) is 0 Å². The van der Waals surface area contributed by atoms with Crippen LogP contribution in [0.25, 0.3) is 10.2 Å². The lowest BCUT2D eigenvalue weighted by Gasteiger charge is -2.00. The van der Waals surface area contributed by atoms with Gasteiger partial charge in [-0.25, -0.2) is 0 Å². The van der Waals surface area contributed by atoms with E-state index in [4.69, 9.17) is 10.4 Å². The predicted octanol–water partition coefficient (Wildman–Crippen LogP) is 0.744. The van der Waals surface area contributed by atoms with Crippen molar-refractivity contribution < 1.29 is 13.0 Å². The van der Waals surface area contributed by atoms with Gasteiger partial charge in [-0.3, -0.25) is 4.55 Å². The van der Waals surface area contributed by atoms with Crippen molar-refractivity contribution in [2.24, 2.45) is 10.9 Å². The van der Waals surface area contributed by atoms with E-state index in [-0.39, 0.29) is 4.90 Å². The molecule has 0 amide bonds. The van der Waals surface area contributed by atoms with Crippen LogP contribution in [0.2, 0.25) is 0 Å². The Hall–Kier alpha value is -1.38. The van der Waals surface area contributed by atoms with Crippen molar-refractivity contribution in [3.63, 3.8) is 0 Å². The minimum Gasteiger partial charge on any atom is -0.320 e. The van der Waals surface area contributed by atoms with Crippen LogP contribution in [0.4, 0.5) is 0 Å². The van der Waals surface area contributed by atoms with E-state index in [1.165, 1.54) is 23.5 Å². The number of fused-ring (bicyclic) bond motifs is 1. The Morgan fingerprint density at radius 1 is 1.53 bits per heavy atom. The SMILES string of the molecule is CCn1/c(=N/N)sc2cc(S(=O)(=O)O)ccc21. The smallest absolute Gasteiger partial charge is 0.294 e. The first-order chi connectivity index (χ1) is 7.97. The van der Waals surface area contributed by atoms with Crippen molar-refractivity contribution in [1.29, 1.82) is 0 Å². The fourth-order valence-electron chi connectivity index (χ4n) is 1.62. The highest BCUT2D eigenvalue weighted by molar-refractivity contribution is 7.85. The maximum atomic E-state index is 11.0. The van der Waals surface area contributed by atoms with Gasteiger partial charge in [-0.05, 0) is 25.1 Å². The Morgan fingerprint density at radius 2 is 2.24 bits per heavy atom. The summed E-state index contributed by atoms with van der Waals surface area (Å²) < 4.78 is 33.6. The second-order valence-corrected chi connectivity index (χ2v) is 5.79. The summed E-state index contributed by atoms with van der Waals surface area (Å²) in [5.41, 5.74) is 0.842. The van der Waals surface area contributed by atoms with Gasteiger partial charge in [0.25, 0.3) is 10.1 Å². The molecule has 8 heteroatoms. The molecule has 0 spiro atoms. The zero-order chi connectivity index (χ0) is 12.6. The Labute approximate surface area is 102 Å². The lowest BCUT2D eigenvalue weighted by atomic mass is 10.3. The van der Waals surface area contributed by atoms with E-state index in [0.29, 0.717) is 16.0 Å². The van der Waals surface area contributed by atoms with Crippen molar-refractivity contribution in [1.82, 2.24) is 4.57 Å². The van der Waals surface area contributed by atoms with Crippen LogP contribution in [0.3, 0.4) is 0 Å². The molecule has 0 aliphatic heterocycles. The summed E-state index contributed by atoms with van der Waals surface area (Å²) in [6, 6.07) is 4.40.